The summed E-state index contributed by atoms with van der Waals surface area (Å²) >= 11 is 0. The largest absolute Gasteiger partial charge is 0.481 e. The van der Waals surface area contributed by atoms with E-state index in [9.17, 15) is 9.59 Å². The average molecular weight is 429 g/mol. The van der Waals surface area contributed by atoms with E-state index in [0.717, 1.165) is 0 Å². The molecule has 1 atom stereocenters. The summed E-state index contributed by atoms with van der Waals surface area (Å²) in [6.45, 7) is 7.06. The van der Waals surface area contributed by atoms with E-state index < -0.39 is 16.8 Å². The predicted octanol–water partition coefficient (Wildman–Crippen LogP) is 2.91. The molecule has 18 heavy (non-hydrogen) atoms. The van der Waals surface area contributed by atoms with Gasteiger partial charge in [0.2, 0.25) is 0 Å². The van der Waals surface area contributed by atoms with Crippen LogP contribution in [0.4, 0.5) is 0 Å². The molecule has 0 saturated heterocycles. The third kappa shape index (κ3) is 5.99. The maximum absolute atomic E-state index is 11.6. The Morgan fingerprint density at radius 2 is 1.61 bits per heavy atom. The second-order valence-electron chi connectivity index (χ2n) is 5.09. The Labute approximate surface area is 125 Å². The Kier molecular flexibility index (Phi) is 11.0. The molecule has 5 heteroatoms. The van der Waals surface area contributed by atoms with Crippen molar-refractivity contribution in [2.45, 2.75) is 47.0 Å². The van der Waals surface area contributed by atoms with Crippen molar-refractivity contribution in [2.24, 2.45) is 10.8 Å². The van der Waals surface area contributed by atoms with Crippen molar-refractivity contribution in [2.75, 3.05) is 7.11 Å². The summed E-state index contributed by atoms with van der Waals surface area (Å²) in [6.07, 6.45) is 1.63. The van der Waals surface area contributed by atoms with Gasteiger partial charge >= 0.3 is 11.9 Å². The normalized spacial score (nSPS) is 13.6. The summed E-state index contributed by atoms with van der Waals surface area (Å²) in [6, 6.07) is 0. The summed E-state index contributed by atoms with van der Waals surface area (Å²) in [5.74, 6) is -1.10. The molecule has 0 aromatic carbocycles. The number of aliphatic carboxylic acids is 1. The van der Waals surface area contributed by atoms with E-state index in [1.807, 2.05) is 13.8 Å². The SMILES string of the molecule is CCC(C)(CCC(C)(C)C(=O)O)C(=O)OC.[CH3-].[W]. The van der Waals surface area contributed by atoms with Gasteiger partial charge in [0.1, 0.15) is 0 Å². The van der Waals surface area contributed by atoms with Crippen LogP contribution in [0.15, 0.2) is 0 Å². The minimum atomic E-state index is -0.837. The Balaban J connectivity index is -0.00000112. The molecule has 0 aliphatic rings. The van der Waals surface area contributed by atoms with Gasteiger partial charge in [0, 0.05) is 21.1 Å². The average Bonchev–Trinajstić information content (AvgIpc) is 2.24. The van der Waals surface area contributed by atoms with E-state index in [0.29, 0.717) is 19.3 Å². The molecule has 0 saturated carbocycles. The van der Waals surface area contributed by atoms with E-state index >= 15 is 0 Å². The molecular weight excluding hydrogens is 404 g/mol. The van der Waals surface area contributed by atoms with Crippen LogP contribution in [-0.2, 0) is 35.4 Å². The molecule has 0 spiro atoms. The van der Waals surface area contributed by atoms with Gasteiger partial charge in [-0.1, -0.05) is 6.92 Å². The minimum Gasteiger partial charge on any atom is -0.481 e. The number of esters is 1. The number of methoxy groups -OCH3 is 1. The number of carboxylic acids is 1. The number of carbonyl (C=O) groups is 2. The van der Waals surface area contributed by atoms with Gasteiger partial charge in [-0.25, -0.2) is 0 Å². The molecular formula is C13H25O4W-. The van der Waals surface area contributed by atoms with E-state index in [2.05, 4.69) is 0 Å². The van der Waals surface area contributed by atoms with Gasteiger partial charge in [0.05, 0.1) is 17.9 Å². The molecule has 0 radical (unpaired) electrons. The zero-order chi connectivity index (χ0) is 13.0. The Morgan fingerprint density at radius 1 is 1.17 bits per heavy atom. The van der Waals surface area contributed by atoms with E-state index in [1.54, 1.807) is 13.8 Å². The quantitative estimate of drug-likeness (QED) is 0.521. The van der Waals surface area contributed by atoms with Crippen molar-refractivity contribution in [1.29, 1.82) is 0 Å². The predicted molar refractivity (Wildman–Crippen MR) is 67.5 cm³/mol. The fraction of sp³-hybridized carbons (Fsp3) is 0.769. The van der Waals surface area contributed by atoms with Crippen LogP contribution in [-0.4, -0.2) is 24.2 Å². The summed E-state index contributed by atoms with van der Waals surface area (Å²) in [4.78, 5) is 22.5. The molecule has 0 aliphatic heterocycles. The van der Waals surface area contributed by atoms with Gasteiger partial charge in [-0.2, -0.15) is 0 Å². The summed E-state index contributed by atoms with van der Waals surface area (Å²) in [7, 11) is 1.36. The molecule has 0 aromatic heterocycles. The van der Waals surface area contributed by atoms with Crippen LogP contribution in [0.1, 0.15) is 47.0 Å². The van der Waals surface area contributed by atoms with Gasteiger partial charge in [0.15, 0.2) is 0 Å². The van der Waals surface area contributed by atoms with Crippen LogP contribution in [0.25, 0.3) is 0 Å². The van der Waals surface area contributed by atoms with Crippen molar-refractivity contribution in [3.05, 3.63) is 7.43 Å². The Hall–Kier alpha value is -0.372. The molecule has 0 aliphatic carbocycles. The summed E-state index contributed by atoms with van der Waals surface area (Å²) in [5, 5.41) is 8.99. The van der Waals surface area contributed by atoms with Gasteiger partial charge < -0.3 is 17.3 Å². The third-order valence-corrected chi connectivity index (χ3v) is 3.34. The number of ether oxygens (including phenoxy) is 1. The Morgan fingerprint density at radius 3 is 1.89 bits per heavy atom. The summed E-state index contributed by atoms with van der Waals surface area (Å²) < 4.78 is 4.75. The molecule has 108 valence electrons. The number of carboxylic acid groups (broad SMARTS) is 1. The Bertz CT molecular complexity index is 276. The van der Waals surface area contributed by atoms with Crippen molar-refractivity contribution in [1.82, 2.24) is 0 Å². The molecule has 0 rings (SSSR count). The molecule has 0 aromatic rings. The summed E-state index contributed by atoms with van der Waals surface area (Å²) in [5.41, 5.74) is -1.38. The smallest absolute Gasteiger partial charge is 0.311 e. The molecule has 0 heterocycles. The molecule has 1 N–H and O–H groups in total. The topological polar surface area (TPSA) is 63.6 Å². The van der Waals surface area contributed by atoms with Crippen LogP contribution in [0.5, 0.6) is 0 Å². The van der Waals surface area contributed by atoms with E-state index in [4.69, 9.17) is 9.84 Å². The molecule has 0 amide bonds. The van der Waals surface area contributed by atoms with E-state index in [1.165, 1.54) is 7.11 Å². The van der Waals surface area contributed by atoms with Crippen LogP contribution in [0, 0.1) is 18.3 Å². The maximum atomic E-state index is 11.6. The minimum absolute atomic E-state index is 0. The number of carbonyl (C=O) groups excluding carboxylic acids is 1. The fourth-order valence-corrected chi connectivity index (χ4v) is 1.36. The van der Waals surface area contributed by atoms with Crippen molar-refractivity contribution in [3.63, 3.8) is 0 Å². The zero-order valence-corrected chi connectivity index (χ0v) is 15.1. The molecule has 1 unspecified atom stereocenters. The first-order valence-electron chi connectivity index (χ1n) is 5.51. The fourth-order valence-electron chi connectivity index (χ4n) is 1.36. The first-order valence-corrected chi connectivity index (χ1v) is 5.51. The van der Waals surface area contributed by atoms with Crippen molar-refractivity contribution < 1.29 is 40.5 Å². The van der Waals surface area contributed by atoms with Crippen molar-refractivity contribution >= 4 is 11.9 Å². The first kappa shape index (κ1) is 22.8. The number of hydrogen-bond donors (Lipinski definition) is 1. The number of rotatable bonds is 6. The monoisotopic (exact) mass is 429 g/mol. The second-order valence-corrected chi connectivity index (χ2v) is 5.09. The second kappa shape index (κ2) is 8.68. The standard InChI is InChI=1S/C12H22O4.CH3.W/c1-6-12(4,10(15)16-5)8-7-11(2,3)9(13)14;;/h6-8H2,1-5H3,(H,13,14);1H3;/q;-1;. The van der Waals surface area contributed by atoms with Gasteiger partial charge in [-0.3, -0.25) is 9.59 Å². The third-order valence-electron chi connectivity index (χ3n) is 3.34. The van der Waals surface area contributed by atoms with Crippen molar-refractivity contribution in [3.8, 4) is 0 Å². The zero-order valence-electron chi connectivity index (χ0n) is 12.2. The molecule has 0 fully saturated rings. The van der Waals surface area contributed by atoms with Gasteiger partial charge in [0.25, 0.3) is 0 Å². The van der Waals surface area contributed by atoms with Gasteiger partial charge in [-0.15, -0.1) is 0 Å². The van der Waals surface area contributed by atoms with Crippen LogP contribution < -0.4 is 0 Å². The maximum Gasteiger partial charge on any atom is 0.311 e. The van der Waals surface area contributed by atoms with Crippen LogP contribution in [0.2, 0.25) is 0 Å². The number of hydrogen-bond acceptors (Lipinski definition) is 3. The first-order chi connectivity index (χ1) is 7.19. The molecule has 0 bridgehead atoms. The van der Waals surface area contributed by atoms with Crippen LogP contribution >= 0.6 is 0 Å². The molecule has 4 nitrogen and oxygen atoms in total. The van der Waals surface area contributed by atoms with E-state index in [-0.39, 0.29) is 34.5 Å². The van der Waals surface area contributed by atoms with Gasteiger partial charge in [-0.05, 0) is 40.0 Å². The van der Waals surface area contributed by atoms with Crippen LogP contribution in [0.3, 0.4) is 0 Å².